The van der Waals surface area contributed by atoms with Crippen LogP contribution in [0, 0.1) is 5.92 Å². The largest absolute Gasteiger partial charge is 0.491 e. The van der Waals surface area contributed by atoms with E-state index in [-0.39, 0.29) is 24.4 Å². The lowest BCUT2D eigenvalue weighted by Gasteiger charge is -2.37. The highest BCUT2D eigenvalue weighted by molar-refractivity contribution is 7.10. The van der Waals surface area contributed by atoms with Gasteiger partial charge >= 0.3 is 0 Å². The quantitative estimate of drug-likeness (QED) is 0.384. The molecule has 5 nitrogen and oxygen atoms in total. The number of amides is 2. The van der Waals surface area contributed by atoms with Crippen LogP contribution in [-0.2, 0) is 22.4 Å². The molecule has 0 radical (unpaired) electrons. The summed E-state index contributed by atoms with van der Waals surface area (Å²) in [6.07, 6.45) is 2.01. The minimum absolute atomic E-state index is 0.00415. The highest BCUT2D eigenvalue weighted by Gasteiger charge is 2.33. The maximum Gasteiger partial charge on any atom is 0.242 e. The minimum atomic E-state index is -0.158. The van der Waals surface area contributed by atoms with E-state index in [1.54, 1.807) is 16.2 Å². The molecule has 35 heavy (non-hydrogen) atoms. The highest BCUT2D eigenvalue weighted by Crippen LogP contribution is 2.34. The van der Waals surface area contributed by atoms with Crippen molar-refractivity contribution in [2.75, 3.05) is 26.2 Å². The molecule has 0 aliphatic carbocycles. The van der Waals surface area contributed by atoms with E-state index in [1.807, 2.05) is 65.6 Å². The van der Waals surface area contributed by atoms with Crippen LogP contribution in [0.5, 0.6) is 5.75 Å². The van der Waals surface area contributed by atoms with Crippen molar-refractivity contribution in [1.29, 1.82) is 0 Å². The second-order valence-electron chi connectivity index (χ2n) is 9.44. The number of para-hydroxylation sites is 1. The van der Waals surface area contributed by atoms with Crippen LogP contribution in [-0.4, -0.2) is 47.9 Å². The van der Waals surface area contributed by atoms with Crippen molar-refractivity contribution in [3.8, 4) is 5.75 Å². The first-order valence-electron chi connectivity index (χ1n) is 12.4. The van der Waals surface area contributed by atoms with Gasteiger partial charge in [-0.25, -0.2) is 0 Å². The highest BCUT2D eigenvalue weighted by atomic mass is 32.1. The molecule has 184 valence electrons. The normalized spacial score (nSPS) is 15.1. The number of carbonyl (C=O) groups excluding carboxylic acids is 2. The Morgan fingerprint density at radius 3 is 2.49 bits per heavy atom. The standard InChI is InChI=1S/C29H34N2O3S/c1-22(2)13-16-30(28(32)19-23-9-5-3-6-10-23)20-29(33)31-17-14-27-25(15-18-35-27)26(31)21-34-24-11-7-4-8-12-24/h3-12,15,18,22,26H,13-14,16-17,19-21H2,1-2H3/t26-/m1/s1. The Bertz CT molecular complexity index is 1100. The molecular weight excluding hydrogens is 456 g/mol. The molecule has 1 atom stereocenters. The fourth-order valence-corrected chi connectivity index (χ4v) is 5.34. The lowest BCUT2D eigenvalue weighted by Crippen LogP contribution is -2.48. The van der Waals surface area contributed by atoms with Gasteiger partial charge in [0.1, 0.15) is 12.4 Å². The van der Waals surface area contributed by atoms with Crippen LogP contribution >= 0.6 is 11.3 Å². The summed E-state index contributed by atoms with van der Waals surface area (Å²) in [5.74, 6) is 1.22. The van der Waals surface area contributed by atoms with Crippen molar-refractivity contribution in [3.63, 3.8) is 0 Å². The molecule has 3 aromatic rings. The number of nitrogens with zero attached hydrogens (tertiary/aromatic N) is 2. The Balaban J connectivity index is 1.48. The number of hydrogen-bond donors (Lipinski definition) is 0. The molecule has 0 spiro atoms. The maximum atomic E-state index is 13.6. The minimum Gasteiger partial charge on any atom is -0.491 e. The Hall–Kier alpha value is -3.12. The summed E-state index contributed by atoms with van der Waals surface area (Å²) in [6.45, 7) is 5.99. The fraction of sp³-hybridized carbons (Fsp3) is 0.379. The summed E-state index contributed by atoms with van der Waals surface area (Å²) < 4.78 is 6.09. The van der Waals surface area contributed by atoms with Crippen LogP contribution in [0.2, 0.25) is 0 Å². The molecule has 0 bridgehead atoms. The summed E-state index contributed by atoms with van der Waals surface area (Å²) >= 11 is 1.74. The van der Waals surface area contributed by atoms with Crippen molar-refractivity contribution >= 4 is 23.2 Å². The monoisotopic (exact) mass is 490 g/mol. The first-order chi connectivity index (χ1) is 17.0. The van der Waals surface area contributed by atoms with Gasteiger partial charge in [0, 0.05) is 18.0 Å². The van der Waals surface area contributed by atoms with E-state index >= 15 is 0 Å². The summed E-state index contributed by atoms with van der Waals surface area (Å²) in [6, 6.07) is 21.4. The van der Waals surface area contributed by atoms with Crippen molar-refractivity contribution in [2.45, 2.75) is 39.2 Å². The van der Waals surface area contributed by atoms with Gasteiger partial charge in [-0.05, 0) is 53.5 Å². The van der Waals surface area contributed by atoms with Crippen molar-refractivity contribution in [3.05, 3.63) is 88.1 Å². The maximum absolute atomic E-state index is 13.6. The van der Waals surface area contributed by atoms with Gasteiger partial charge in [0.05, 0.1) is 19.0 Å². The first-order valence-corrected chi connectivity index (χ1v) is 13.2. The van der Waals surface area contributed by atoms with E-state index < -0.39 is 0 Å². The lowest BCUT2D eigenvalue weighted by molar-refractivity contribution is -0.142. The van der Waals surface area contributed by atoms with Gasteiger partial charge < -0.3 is 14.5 Å². The van der Waals surface area contributed by atoms with E-state index in [9.17, 15) is 9.59 Å². The molecule has 2 aromatic carbocycles. The number of thiophene rings is 1. The Kier molecular flexibility index (Phi) is 8.59. The van der Waals surface area contributed by atoms with Gasteiger partial charge in [-0.15, -0.1) is 11.3 Å². The molecule has 1 aromatic heterocycles. The van der Waals surface area contributed by atoms with Crippen molar-refractivity contribution in [2.24, 2.45) is 5.92 Å². The summed E-state index contributed by atoms with van der Waals surface area (Å²) in [4.78, 5) is 31.8. The van der Waals surface area contributed by atoms with Crippen molar-refractivity contribution in [1.82, 2.24) is 9.80 Å². The van der Waals surface area contributed by atoms with E-state index in [1.165, 1.54) is 4.88 Å². The molecule has 1 aliphatic heterocycles. The zero-order chi connectivity index (χ0) is 24.6. The molecular formula is C29H34N2O3S. The third-order valence-corrected chi connectivity index (χ3v) is 7.42. The van der Waals surface area contributed by atoms with Gasteiger partial charge in [-0.1, -0.05) is 62.4 Å². The second kappa shape index (κ2) is 12.0. The average Bonchev–Trinajstić information content (AvgIpc) is 3.35. The average molecular weight is 491 g/mol. The first kappa shape index (κ1) is 25.0. The summed E-state index contributed by atoms with van der Waals surface area (Å²) in [7, 11) is 0. The number of fused-ring (bicyclic) bond motifs is 1. The van der Waals surface area contributed by atoms with Crippen LogP contribution in [0.25, 0.3) is 0 Å². The lowest BCUT2D eigenvalue weighted by atomic mass is 10.00. The SMILES string of the molecule is CC(C)CCN(CC(=O)N1CCc2sccc2[C@H]1COc1ccccc1)C(=O)Cc1ccccc1. The topological polar surface area (TPSA) is 49.9 Å². The van der Waals surface area contributed by atoms with Gasteiger partial charge in [0.15, 0.2) is 0 Å². The molecule has 2 heterocycles. The molecule has 4 rings (SSSR count). The number of benzene rings is 2. The zero-order valence-corrected chi connectivity index (χ0v) is 21.4. The summed E-state index contributed by atoms with van der Waals surface area (Å²) in [5, 5.41) is 2.09. The molecule has 2 amide bonds. The van der Waals surface area contributed by atoms with Crippen LogP contribution < -0.4 is 4.74 Å². The number of rotatable bonds is 10. The molecule has 0 saturated carbocycles. The van der Waals surface area contributed by atoms with Crippen LogP contribution in [0.15, 0.2) is 72.1 Å². The smallest absolute Gasteiger partial charge is 0.242 e. The van der Waals surface area contributed by atoms with E-state index in [2.05, 4.69) is 25.3 Å². The van der Waals surface area contributed by atoms with Crippen molar-refractivity contribution < 1.29 is 14.3 Å². The molecule has 0 N–H and O–H groups in total. The zero-order valence-electron chi connectivity index (χ0n) is 20.6. The Morgan fingerprint density at radius 2 is 1.77 bits per heavy atom. The molecule has 0 saturated heterocycles. The van der Waals surface area contributed by atoms with Crippen LogP contribution in [0.4, 0.5) is 0 Å². The van der Waals surface area contributed by atoms with Gasteiger partial charge in [-0.2, -0.15) is 0 Å². The van der Waals surface area contributed by atoms with E-state index in [0.717, 1.165) is 29.7 Å². The van der Waals surface area contributed by atoms with Gasteiger partial charge in [-0.3, -0.25) is 9.59 Å². The molecule has 0 unspecified atom stereocenters. The molecule has 0 fully saturated rings. The predicted octanol–water partition coefficient (Wildman–Crippen LogP) is 5.37. The third kappa shape index (κ3) is 6.73. The fourth-order valence-electron chi connectivity index (χ4n) is 4.41. The third-order valence-electron chi connectivity index (χ3n) is 6.42. The molecule has 1 aliphatic rings. The Morgan fingerprint density at radius 1 is 1.06 bits per heavy atom. The number of hydrogen-bond acceptors (Lipinski definition) is 4. The van der Waals surface area contributed by atoms with Gasteiger partial charge in [0.25, 0.3) is 0 Å². The Labute approximate surface area is 212 Å². The molecule has 6 heteroatoms. The van der Waals surface area contributed by atoms with E-state index in [4.69, 9.17) is 4.74 Å². The predicted molar refractivity (Wildman–Crippen MR) is 141 cm³/mol. The number of ether oxygens (including phenoxy) is 1. The van der Waals surface area contributed by atoms with Crippen LogP contribution in [0.1, 0.15) is 42.3 Å². The van der Waals surface area contributed by atoms with Gasteiger partial charge in [0.2, 0.25) is 11.8 Å². The van der Waals surface area contributed by atoms with E-state index in [0.29, 0.717) is 32.0 Å². The summed E-state index contributed by atoms with van der Waals surface area (Å²) in [5.41, 5.74) is 2.13. The number of carbonyl (C=O) groups is 2. The van der Waals surface area contributed by atoms with Crippen LogP contribution in [0.3, 0.4) is 0 Å². The second-order valence-corrected chi connectivity index (χ2v) is 10.4.